The monoisotopic (exact) mass is 316 g/mol. The Morgan fingerprint density at radius 2 is 1.83 bits per heavy atom. The molecule has 2 aliphatic rings. The summed E-state index contributed by atoms with van der Waals surface area (Å²) in [4.78, 5) is 2.76. The molecule has 1 aromatic carbocycles. The summed E-state index contributed by atoms with van der Waals surface area (Å²) in [6, 6.07) is 6.78. The highest BCUT2D eigenvalue weighted by Gasteiger charge is 2.38. The second kappa shape index (κ2) is 7.78. The number of rotatable bonds is 5. The van der Waals surface area contributed by atoms with Gasteiger partial charge in [-0.3, -0.25) is 4.90 Å². The van der Waals surface area contributed by atoms with Gasteiger partial charge < -0.3 is 10.1 Å². The molecule has 3 heteroatoms. The number of piperidine rings is 1. The zero-order valence-corrected chi connectivity index (χ0v) is 14.9. The van der Waals surface area contributed by atoms with Gasteiger partial charge in [0.1, 0.15) is 0 Å². The molecule has 0 atom stereocenters. The molecule has 2 saturated heterocycles. The quantitative estimate of drug-likeness (QED) is 0.901. The van der Waals surface area contributed by atoms with Gasteiger partial charge >= 0.3 is 0 Å². The van der Waals surface area contributed by atoms with E-state index in [1.54, 1.807) is 0 Å². The Hall–Kier alpha value is -0.900. The summed E-state index contributed by atoms with van der Waals surface area (Å²) in [7, 11) is 0. The first kappa shape index (κ1) is 16.9. The Kier molecular flexibility index (Phi) is 5.73. The first-order valence-corrected chi connectivity index (χ1v) is 9.29. The van der Waals surface area contributed by atoms with Crippen LogP contribution in [0.15, 0.2) is 18.2 Å². The lowest BCUT2D eigenvalue weighted by atomic mass is 9.86. The first-order chi connectivity index (χ1) is 11.2. The lowest BCUT2D eigenvalue weighted by Crippen LogP contribution is -2.59. The number of hydrogen-bond acceptors (Lipinski definition) is 3. The van der Waals surface area contributed by atoms with Crippen molar-refractivity contribution in [3.63, 3.8) is 0 Å². The maximum atomic E-state index is 5.66. The van der Waals surface area contributed by atoms with Crippen molar-refractivity contribution >= 4 is 0 Å². The third-order valence-electron chi connectivity index (χ3n) is 5.72. The van der Waals surface area contributed by atoms with E-state index in [4.69, 9.17) is 4.74 Å². The van der Waals surface area contributed by atoms with Crippen LogP contribution >= 0.6 is 0 Å². The van der Waals surface area contributed by atoms with Gasteiger partial charge in [-0.1, -0.05) is 30.2 Å². The summed E-state index contributed by atoms with van der Waals surface area (Å²) in [6.07, 6.45) is 6.47. The minimum absolute atomic E-state index is 0.317. The van der Waals surface area contributed by atoms with E-state index in [0.717, 1.165) is 26.3 Å². The number of benzene rings is 1. The molecule has 2 heterocycles. The Morgan fingerprint density at radius 3 is 2.52 bits per heavy atom. The van der Waals surface area contributed by atoms with Crippen LogP contribution in [0.5, 0.6) is 0 Å². The van der Waals surface area contributed by atoms with Crippen LogP contribution < -0.4 is 5.32 Å². The highest BCUT2D eigenvalue weighted by Crippen LogP contribution is 2.30. The molecule has 2 fully saturated rings. The van der Waals surface area contributed by atoms with Crippen LogP contribution in [-0.4, -0.2) is 43.3 Å². The van der Waals surface area contributed by atoms with Gasteiger partial charge in [-0.15, -0.1) is 0 Å². The molecular formula is C20H32N2O. The van der Waals surface area contributed by atoms with Crippen molar-refractivity contribution in [3.8, 4) is 0 Å². The molecule has 0 bridgehead atoms. The molecule has 0 amide bonds. The van der Waals surface area contributed by atoms with E-state index >= 15 is 0 Å². The number of hydrogen-bond donors (Lipinski definition) is 1. The van der Waals surface area contributed by atoms with Crippen LogP contribution in [0, 0.1) is 13.8 Å². The standard InChI is InChI=1S/C20H32N2O/c1-17-6-7-19(18(2)14-17)15-21-16-20(8-12-23-13-9-20)22-10-4-3-5-11-22/h6-7,14,21H,3-5,8-13,15-16H2,1-2H3. The molecule has 2 aliphatic heterocycles. The molecule has 0 radical (unpaired) electrons. The largest absolute Gasteiger partial charge is 0.381 e. The molecule has 0 spiro atoms. The normalized spacial score (nSPS) is 22.2. The van der Waals surface area contributed by atoms with E-state index in [0.29, 0.717) is 5.54 Å². The second-order valence-electron chi connectivity index (χ2n) is 7.42. The number of nitrogens with one attached hydrogen (secondary N) is 1. The fraction of sp³-hybridized carbons (Fsp3) is 0.700. The van der Waals surface area contributed by atoms with Crippen LogP contribution in [0.3, 0.4) is 0 Å². The first-order valence-electron chi connectivity index (χ1n) is 9.29. The lowest BCUT2D eigenvalue weighted by molar-refractivity contribution is -0.0358. The Labute approximate surface area is 141 Å². The van der Waals surface area contributed by atoms with E-state index in [2.05, 4.69) is 42.3 Å². The Morgan fingerprint density at radius 1 is 1.09 bits per heavy atom. The summed E-state index contributed by atoms with van der Waals surface area (Å²) in [6.45, 7) is 10.8. The predicted molar refractivity (Wildman–Crippen MR) is 95.8 cm³/mol. The third kappa shape index (κ3) is 4.14. The van der Waals surface area contributed by atoms with Crippen molar-refractivity contribution in [2.24, 2.45) is 0 Å². The van der Waals surface area contributed by atoms with Gasteiger partial charge in [0.25, 0.3) is 0 Å². The maximum absolute atomic E-state index is 5.66. The predicted octanol–water partition coefficient (Wildman–Crippen LogP) is 3.43. The number of ether oxygens (including phenoxy) is 1. The fourth-order valence-electron chi connectivity index (χ4n) is 4.20. The summed E-state index contributed by atoms with van der Waals surface area (Å²) >= 11 is 0. The minimum Gasteiger partial charge on any atom is -0.381 e. The van der Waals surface area contributed by atoms with Gasteiger partial charge in [0, 0.05) is 31.8 Å². The molecule has 1 aromatic rings. The number of nitrogens with zero attached hydrogens (tertiary/aromatic N) is 1. The van der Waals surface area contributed by atoms with E-state index in [-0.39, 0.29) is 0 Å². The van der Waals surface area contributed by atoms with Crippen molar-refractivity contribution in [1.29, 1.82) is 0 Å². The van der Waals surface area contributed by atoms with Crippen molar-refractivity contribution in [3.05, 3.63) is 34.9 Å². The van der Waals surface area contributed by atoms with Crippen molar-refractivity contribution < 1.29 is 4.74 Å². The molecular weight excluding hydrogens is 284 g/mol. The fourth-order valence-corrected chi connectivity index (χ4v) is 4.20. The maximum Gasteiger partial charge on any atom is 0.0484 e. The van der Waals surface area contributed by atoms with Crippen molar-refractivity contribution in [2.45, 2.75) is 58.0 Å². The minimum atomic E-state index is 0.317. The van der Waals surface area contributed by atoms with Crippen LogP contribution in [-0.2, 0) is 11.3 Å². The van der Waals surface area contributed by atoms with Crippen LogP contribution in [0.4, 0.5) is 0 Å². The highest BCUT2D eigenvalue weighted by molar-refractivity contribution is 5.30. The summed E-state index contributed by atoms with van der Waals surface area (Å²) in [5, 5.41) is 3.77. The smallest absolute Gasteiger partial charge is 0.0484 e. The average molecular weight is 316 g/mol. The van der Waals surface area contributed by atoms with Crippen molar-refractivity contribution in [2.75, 3.05) is 32.8 Å². The molecule has 3 rings (SSSR count). The van der Waals surface area contributed by atoms with Gasteiger partial charge in [0.2, 0.25) is 0 Å². The summed E-state index contributed by atoms with van der Waals surface area (Å²) in [5.41, 5.74) is 4.49. The summed E-state index contributed by atoms with van der Waals surface area (Å²) in [5.74, 6) is 0. The number of aryl methyl sites for hydroxylation is 2. The SMILES string of the molecule is Cc1ccc(CNCC2(N3CCCCC3)CCOCC2)c(C)c1. The Balaban J connectivity index is 1.62. The zero-order chi connectivity index (χ0) is 16.1. The van der Waals surface area contributed by atoms with E-state index < -0.39 is 0 Å². The summed E-state index contributed by atoms with van der Waals surface area (Å²) < 4.78 is 5.66. The van der Waals surface area contributed by atoms with Crippen LogP contribution in [0.1, 0.15) is 48.8 Å². The van der Waals surface area contributed by atoms with Gasteiger partial charge in [-0.05, 0) is 63.7 Å². The van der Waals surface area contributed by atoms with Crippen LogP contribution in [0.25, 0.3) is 0 Å². The van der Waals surface area contributed by atoms with Gasteiger partial charge in [0.15, 0.2) is 0 Å². The average Bonchev–Trinajstić information content (AvgIpc) is 2.58. The molecule has 0 saturated carbocycles. The lowest BCUT2D eigenvalue weighted by Gasteiger charge is -2.48. The zero-order valence-electron chi connectivity index (χ0n) is 14.9. The number of likely N-dealkylation sites (tertiary alicyclic amines) is 1. The molecule has 23 heavy (non-hydrogen) atoms. The van der Waals surface area contributed by atoms with E-state index in [1.165, 1.54) is 61.9 Å². The molecule has 0 aliphatic carbocycles. The molecule has 0 aromatic heterocycles. The molecule has 128 valence electrons. The van der Waals surface area contributed by atoms with Gasteiger partial charge in [-0.2, -0.15) is 0 Å². The van der Waals surface area contributed by atoms with Gasteiger partial charge in [-0.25, -0.2) is 0 Å². The second-order valence-corrected chi connectivity index (χ2v) is 7.42. The molecule has 3 nitrogen and oxygen atoms in total. The van der Waals surface area contributed by atoms with Gasteiger partial charge in [0.05, 0.1) is 0 Å². The highest BCUT2D eigenvalue weighted by atomic mass is 16.5. The third-order valence-corrected chi connectivity index (χ3v) is 5.72. The topological polar surface area (TPSA) is 24.5 Å². The molecule has 0 unspecified atom stereocenters. The molecule has 1 N–H and O–H groups in total. The van der Waals surface area contributed by atoms with E-state index in [1.807, 2.05) is 0 Å². The van der Waals surface area contributed by atoms with E-state index in [9.17, 15) is 0 Å². The van der Waals surface area contributed by atoms with Crippen LogP contribution in [0.2, 0.25) is 0 Å². The Bertz CT molecular complexity index is 502. The van der Waals surface area contributed by atoms with Crippen molar-refractivity contribution in [1.82, 2.24) is 10.2 Å².